The number of thioether (sulfide) groups is 1. The molecule has 148 valence electrons. The second-order valence-corrected chi connectivity index (χ2v) is 8.03. The van der Waals surface area contributed by atoms with Crippen molar-refractivity contribution in [2.45, 2.75) is 17.2 Å². The maximum Gasteiger partial charge on any atom is 0.224 e. The minimum absolute atomic E-state index is 0.0530. The van der Waals surface area contributed by atoms with Gasteiger partial charge in [-0.3, -0.25) is 4.79 Å². The molecule has 3 aromatic rings. The molecule has 0 aliphatic carbocycles. The summed E-state index contributed by atoms with van der Waals surface area (Å²) < 4.78 is 18.1. The SMILES string of the molecule is COc1cc(CCC(=O)Nc2ccc3nc(SC)sc3c2)cc(OC)c1OC. The zero-order chi connectivity index (χ0) is 20.1. The van der Waals surface area contributed by atoms with Gasteiger partial charge in [-0.05, 0) is 48.6 Å². The molecule has 1 heterocycles. The molecule has 0 radical (unpaired) electrons. The van der Waals surface area contributed by atoms with Crippen molar-refractivity contribution in [1.82, 2.24) is 4.98 Å². The molecule has 0 bridgehead atoms. The molecule has 0 fully saturated rings. The quantitative estimate of drug-likeness (QED) is 0.539. The summed E-state index contributed by atoms with van der Waals surface area (Å²) in [6, 6.07) is 9.50. The van der Waals surface area contributed by atoms with E-state index in [1.54, 1.807) is 44.4 Å². The number of carbonyl (C=O) groups excluding carboxylic acids is 1. The molecule has 28 heavy (non-hydrogen) atoms. The number of fused-ring (bicyclic) bond motifs is 1. The fourth-order valence-electron chi connectivity index (χ4n) is 2.83. The van der Waals surface area contributed by atoms with E-state index in [1.165, 1.54) is 0 Å². The Morgan fingerprint density at radius 3 is 2.43 bits per heavy atom. The Bertz CT molecular complexity index is 962. The summed E-state index contributed by atoms with van der Waals surface area (Å²) in [6.07, 6.45) is 2.90. The van der Waals surface area contributed by atoms with Crippen LogP contribution in [0.25, 0.3) is 10.2 Å². The number of hydrogen-bond acceptors (Lipinski definition) is 7. The van der Waals surface area contributed by atoms with Crippen molar-refractivity contribution in [3.05, 3.63) is 35.9 Å². The number of thiazole rings is 1. The van der Waals surface area contributed by atoms with Crippen molar-refractivity contribution < 1.29 is 19.0 Å². The number of ether oxygens (including phenoxy) is 3. The van der Waals surface area contributed by atoms with Gasteiger partial charge in [0.15, 0.2) is 15.8 Å². The first-order valence-electron chi connectivity index (χ1n) is 8.61. The summed E-state index contributed by atoms with van der Waals surface area (Å²) in [5.74, 6) is 1.65. The predicted octanol–water partition coefficient (Wildman–Crippen LogP) is 4.62. The second-order valence-electron chi connectivity index (χ2n) is 5.95. The summed E-state index contributed by atoms with van der Waals surface area (Å²) in [4.78, 5) is 16.9. The van der Waals surface area contributed by atoms with Gasteiger partial charge in [0.25, 0.3) is 0 Å². The molecule has 0 aliphatic heterocycles. The van der Waals surface area contributed by atoms with E-state index in [4.69, 9.17) is 14.2 Å². The first kappa shape index (κ1) is 20.3. The van der Waals surface area contributed by atoms with Crippen molar-refractivity contribution in [1.29, 1.82) is 0 Å². The number of anilines is 1. The molecule has 0 spiro atoms. The molecular weight excluding hydrogens is 396 g/mol. The predicted molar refractivity (Wildman–Crippen MR) is 114 cm³/mol. The molecule has 0 atom stereocenters. The number of aryl methyl sites for hydroxylation is 1. The number of aromatic nitrogens is 1. The number of nitrogens with one attached hydrogen (secondary N) is 1. The maximum atomic E-state index is 12.4. The minimum Gasteiger partial charge on any atom is -0.493 e. The number of benzene rings is 2. The van der Waals surface area contributed by atoms with Crippen LogP contribution in [0.2, 0.25) is 0 Å². The van der Waals surface area contributed by atoms with E-state index in [0.29, 0.717) is 30.1 Å². The average molecular weight is 419 g/mol. The van der Waals surface area contributed by atoms with Gasteiger partial charge in [0, 0.05) is 12.1 Å². The van der Waals surface area contributed by atoms with Gasteiger partial charge in [0.05, 0.1) is 31.5 Å². The molecule has 0 saturated heterocycles. The fourth-order valence-corrected chi connectivity index (χ4v) is 4.36. The lowest BCUT2D eigenvalue weighted by atomic mass is 10.1. The summed E-state index contributed by atoms with van der Waals surface area (Å²) in [5, 5.41) is 2.96. The number of hydrogen-bond donors (Lipinski definition) is 1. The van der Waals surface area contributed by atoms with Crippen LogP contribution in [0, 0.1) is 0 Å². The van der Waals surface area contributed by atoms with E-state index >= 15 is 0 Å². The lowest BCUT2D eigenvalue weighted by Gasteiger charge is -2.14. The number of amides is 1. The first-order valence-corrected chi connectivity index (χ1v) is 10.7. The molecule has 2 aromatic carbocycles. The van der Waals surface area contributed by atoms with Crippen LogP contribution in [-0.4, -0.2) is 38.5 Å². The highest BCUT2D eigenvalue weighted by molar-refractivity contribution is 8.00. The average Bonchev–Trinajstić information content (AvgIpc) is 3.13. The van der Waals surface area contributed by atoms with E-state index < -0.39 is 0 Å². The number of methoxy groups -OCH3 is 3. The molecule has 8 heteroatoms. The van der Waals surface area contributed by atoms with E-state index in [2.05, 4.69) is 10.3 Å². The smallest absolute Gasteiger partial charge is 0.224 e. The molecule has 3 rings (SSSR count). The van der Waals surface area contributed by atoms with Crippen molar-refractivity contribution in [2.75, 3.05) is 32.9 Å². The van der Waals surface area contributed by atoms with Gasteiger partial charge in [-0.25, -0.2) is 4.98 Å². The summed E-state index contributed by atoms with van der Waals surface area (Å²) >= 11 is 3.24. The molecule has 6 nitrogen and oxygen atoms in total. The van der Waals surface area contributed by atoms with Crippen LogP contribution in [0.4, 0.5) is 5.69 Å². The third kappa shape index (κ3) is 4.51. The Balaban J connectivity index is 1.67. The normalized spacial score (nSPS) is 10.7. The van der Waals surface area contributed by atoms with Gasteiger partial charge >= 0.3 is 0 Å². The van der Waals surface area contributed by atoms with Crippen LogP contribution in [0.3, 0.4) is 0 Å². The van der Waals surface area contributed by atoms with Gasteiger partial charge in [0.1, 0.15) is 0 Å². The first-order chi connectivity index (χ1) is 13.6. The van der Waals surface area contributed by atoms with Crippen LogP contribution in [-0.2, 0) is 11.2 Å². The number of rotatable bonds is 8. The molecule has 0 unspecified atom stereocenters. The largest absolute Gasteiger partial charge is 0.493 e. The lowest BCUT2D eigenvalue weighted by molar-refractivity contribution is -0.116. The van der Waals surface area contributed by atoms with Gasteiger partial charge < -0.3 is 19.5 Å². The highest BCUT2D eigenvalue weighted by Crippen LogP contribution is 2.38. The van der Waals surface area contributed by atoms with Crippen LogP contribution in [0.1, 0.15) is 12.0 Å². The molecule has 1 amide bonds. The Hall–Kier alpha value is -2.45. The highest BCUT2D eigenvalue weighted by atomic mass is 32.2. The summed E-state index contributed by atoms with van der Waals surface area (Å²) in [5.41, 5.74) is 2.66. The van der Waals surface area contributed by atoms with Crippen LogP contribution in [0.5, 0.6) is 17.2 Å². The van der Waals surface area contributed by atoms with E-state index in [0.717, 1.165) is 25.8 Å². The molecule has 1 N–H and O–H groups in total. The minimum atomic E-state index is -0.0530. The van der Waals surface area contributed by atoms with Crippen molar-refractivity contribution >= 4 is 44.9 Å². The van der Waals surface area contributed by atoms with E-state index in [9.17, 15) is 4.79 Å². The molecule has 0 aliphatic rings. The van der Waals surface area contributed by atoms with Crippen LogP contribution in [0.15, 0.2) is 34.7 Å². The number of nitrogens with zero attached hydrogens (tertiary/aromatic N) is 1. The standard InChI is InChI=1S/C20H22N2O4S2/c1-24-15-9-12(10-16(25-2)19(15)26-3)5-8-18(23)21-13-6-7-14-17(11-13)28-20(22-14)27-4/h6-7,9-11H,5,8H2,1-4H3,(H,21,23). The van der Waals surface area contributed by atoms with Gasteiger partial charge in [-0.2, -0.15) is 0 Å². The molecular formula is C20H22N2O4S2. The maximum absolute atomic E-state index is 12.4. The van der Waals surface area contributed by atoms with Gasteiger partial charge in [-0.1, -0.05) is 11.8 Å². The van der Waals surface area contributed by atoms with Gasteiger partial charge in [0.2, 0.25) is 11.7 Å². The van der Waals surface area contributed by atoms with E-state index in [-0.39, 0.29) is 5.91 Å². The van der Waals surface area contributed by atoms with Crippen molar-refractivity contribution in [3.8, 4) is 17.2 Å². The Kier molecular flexibility index (Phi) is 6.64. The third-order valence-electron chi connectivity index (χ3n) is 4.19. The Morgan fingerprint density at radius 2 is 1.82 bits per heavy atom. The zero-order valence-corrected chi connectivity index (χ0v) is 17.8. The van der Waals surface area contributed by atoms with E-state index in [1.807, 2.05) is 36.6 Å². The van der Waals surface area contributed by atoms with Gasteiger partial charge in [-0.15, -0.1) is 11.3 Å². The van der Waals surface area contributed by atoms with Crippen LogP contribution < -0.4 is 19.5 Å². The van der Waals surface area contributed by atoms with Crippen LogP contribution >= 0.6 is 23.1 Å². The third-order valence-corrected chi connectivity index (χ3v) is 6.20. The zero-order valence-electron chi connectivity index (χ0n) is 16.2. The molecule has 0 saturated carbocycles. The second kappa shape index (κ2) is 9.16. The van der Waals surface area contributed by atoms with Crippen molar-refractivity contribution in [3.63, 3.8) is 0 Å². The summed E-state index contributed by atoms with van der Waals surface area (Å²) in [6.45, 7) is 0. The molecule has 1 aromatic heterocycles. The topological polar surface area (TPSA) is 69.7 Å². The Morgan fingerprint density at radius 1 is 1.11 bits per heavy atom. The lowest BCUT2D eigenvalue weighted by Crippen LogP contribution is -2.12. The monoisotopic (exact) mass is 418 g/mol. The highest BCUT2D eigenvalue weighted by Gasteiger charge is 2.14. The fraction of sp³-hybridized carbons (Fsp3) is 0.300. The van der Waals surface area contributed by atoms with Crippen molar-refractivity contribution in [2.24, 2.45) is 0 Å². The Labute approximate surface area is 172 Å². The summed E-state index contributed by atoms with van der Waals surface area (Å²) in [7, 11) is 4.72. The number of carbonyl (C=O) groups is 1.